The molecule has 382 valence electrons. The normalized spacial score (nSPS) is 12.5. The van der Waals surface area contributed by atoms with E-state index in [0.29, 0.717) is 19.3 Å². The van der Waals surface area contributed by atoms with E-state index in [1.54, 1.807) is 0 Å². The third-order valence-corrected chi connectivity index (χ3v) is 12.2. The van der Waals surface area contributed by atoms with Crippen LogP contribution in [0.5, 0.6) is 0 Å². The van der Waals surface area contributed by atoms with Crippen LogP contribution in [0.15, 0.2) is 60.8 Å². The molecular weight excluding hydrogens is 817 g/mol. The van der Waals surface area contributed by atoms with Crippen molar-refractivity contribution in [1.82, 2.24) is 0 Å². The fraction of sp³-hybridized carbons (Fsp3) is 0.783. The van der Waals surface area contributed by atoms with Gasteiger partial charge in [0.05, 0.1) is 0 Å². The molecule has 1 atom stereocenters. The van der Waals surface area contributed by atoms with Crippen LogP contribution in [0, 0.1) is 0 Å². The molecule has 0 aliphatic heterocycles. The average molecular weight is 924 g/mol. The van der Waals surface area contributed by atoms with E-state index in [2.05, 4.69) is 81.5 Å². The Balaban J connectivity index is 4.42. The summed E-state index contributed by atoms with van der Waals surface area (Å²) in [6.07, 6.45) is 67.8. The van der Waals surface area contributed by atoms with Gasteiger partial charge >= 0.3 is 17.9 Å². The second-order valence-electron chi connectivity index (χ2n) is 18.8. The van der Waals surface area contributed by atoms with Crippen molar-refractivity contribution < 1.29 is 28.6 Å². The molecule has 0 bridgehead atoms. The summed E-state index contributed by atoms with van der Waals surface area (Å²) in [5.74, 6) is -0.947. The van der Waals surface area contributed by atoms with Crippen molar-refractivity contribution >= 4 is 17.9 Å². The molecule has 66 heavy (non-hydrogen) atoms. The molecule has 0 N–H and O–H groups in total. The predicted octanol–water partition coefficient (Wildman–Crippen LogP) is 18.8. The third-order valence-electron chi connectivity index (χ3n) is 12.2. The van der Waals surface area contributed by atoms with Crippen molar-refractivity contribution in [2.45, 2.75) is 290 Å². The molecule has 0 unspecified atom stereocenters. The molecular formula is C60H106O6. The van der Waals surface area contributed by atoms with Crippen LogP contribution in [0.1, 0.15) is 284 Å². The van der Waals surface area contributed by atoms with Crippen molar-refractivity contribution in [1.29, 1.82) is 0 Å². The van der Waals surface area contributed by atoms with Crippen LogP contribution in [0.25, 0.3) is 0 Å². The van der Waals surface area contributed by atoms with Gasteiger partial charge in [-0.2, -0.15) is 0 Å². The summed E-state index contributed by atoms with van der Waals surface area (Å²) in [5.41, 5.74) is 0. The zero-order valence-corrected chi connectivity index (χ0v) is 43.7. The number of hydrogen-bond acceptors (Lipinski definition) is 6. The first-order valence-corrected chi connectivity index (χ1v) is 28.3. The average Bonchev–Trinajstić information content (AvgIpc) is 3.31. The Morgan fingerprint density at radius 1 is 0.303 bits per heavy atom. The van der Waals surface area contributed by atoms with Crippen molar-refractivity contribution in [3.05, 3.63) is 60.8 Å². The highest BCUT2D eigenvalue weighted by atomic mass is 16.6. The Labute approximate surface area is 409 Å². The number of hydrogen-bond donors (Lipinski definition) is 0. The molecule has 0 amide bonds. The number of esters is 3. The van der Waals surface area contributed by atoms with Crippen LogP contribution in [0.4, 0.5) is 0 Å². The Bertz CT molecular complexity index is 1200. The number of ether oxygens (including phenoxy) is 3. The van der Waals surface area contributed by atoms with E-state index in [4.69, 9.17) is 14.2 Å². The summed E-state index contributed by atoms with van der Waals surface area (Å²) in [7, 11) is 0. The van der Waals surface area contributed by atoms with Gasteiger partial charge in [-0.1, -0.05) is 242 Å². The largest absolute Gasteiger partial charge is 0.462 e. The van der Waals surface area contributed by atoms with Gasteiger partial charge in [-0.25, -0.2) is 0 Å². The molecule has 0 saturated heterocycles. The SMILES string of the molecule is CCCCC/C=C\C/C=C\C/C=C\C/C=C\CCCC(=O)O[C@@H](COC(=O)CCCCCCCCC/C=C\CCCCCCCCCC)COC(=O)CCCCCCCCCCCCCC. The quantitative estimate of drug-likeness (QED) is 0.0262. The van der Waals surface area contributed by atoms with Crippen LogP contribution < -0.4 is 0 Å². The van der Waals surface area contributed by atoms with Gasteiger partial charge in [0.2, 0.25) is 0 Å². The van der Waals surface area contributed by atoms with Crippen molar-refractivity contribution in [3.63, 3.8) is 0 Å². The Morgan fingerprint density at radius 3 is 0.939 bits per heavy atom. The second kappa shape index (κ2) is 54.7. The molecule has 0 heterocycles. The first-order chi connectivity index (χ1) is 32.5. The van der Waals surface area contributed by atoms with Crippen LogP contribution in [0.3, 0.4) is 0 Å². The molecule has 6 nitrogen and oxygen atoms in total. The first kappa shape index (κ1) is 63.1. The predicted molar refractivity (Wildman–Crippen MR) is 284 cm³/mol. The summed E-state index contributed by atoms with van der Waals surface area (Å²) in [5, 5.41) is 0. The maximum Gasteiger partial charge on any atom is 0.306 e. The lowest BCUT2D eigenvalue weighted by Crippen LogP contribution is -2.30. The first-order valence-electron chi connectivity index (χ1n) is 28.3. The minimum Gasteiger partial charge on any atom is -0.462 e. The zero-order chi connectivity index (χ0) is 47.9. The Kier molecular flexibility index (Phi) is 52.3. The number of carbonyl (C=O) groups is 3. The molecule has 0 aromatic heterocycles. The third kappa shape index (κ3) is 52.1. The van der Waals surface area contributed by atoms with Crippen LogP contribution in [0.2, 0.25) is 0 Å². The molecule has 0 spiro atoms. The second-order valence-corrected chi connectivity index (χ2v) is 18.8. The number of carbonyl (C=O) groups excluding carboxylic acids is 3. The lowest BCUT2D eigenvalue weighted by Gasteiger charge is -2.18. The van der Waals surface area contributed by atoms with Gasteiger partial charge in [0.25, 0.3) is 0 Å². The molecule has 0 rings (SSSR count). The van der Waals surface area contributed by atoms with E-state index in [9.17, 15) is 14.4 Å². The van der Waals surface area contributed by atoms with E-state index in [1.807, 2.05) is 0 Å². The Hall–Kier alpha value is -2.89. The summed E-state index contributed by atoms with van der Waals surface area (Å²) >= 11 is 0. The van der Waals surface area contributed by atoms with E-state index >= 15 is 0 Å². The number of allylic oxidation sites excluding steroid dienone is 10. The molecule has 0 aliphatic rings. The van der Waals surface area contributed by atoms with E-state index in [1.165, 1.54) is 173 Å². The van der Waals surface area contributed by atoms with Crippen molar-refractivity contribution in [2.75, 3.05) is 13.2 Å². The topological polar surface area (TPSA) is 78.9 Å². The molecule has 6 heteroatoms. The van der Waals surface area contributed by atoms with Gasteiger partial charge in [0.15, 0.2) is 6.10 Å². The van der Waals surface area contributed by atoms with Crippen molar-refractivity contribution in [3.8, 4) is 0 Å². The van der Waals surface area contributed by atoms with Gasteiger partial charge in [0.1, 0.15) is 13.2 Å². The van der Waals surface area contributed by atoms with Gasteiger partial charge < -0.3 is 14.2 Å². The fourth-order valence-electron chi connectivity index (χ4n) is 7.96. The molecule has 0 saturated carbocycles. The zero-order valence-electron chi connectivity index (χ0n) is 43.7. The molecule has 0 aromatic rings. The lowest BCUT2D eigenvalue weighted by molar-refractivity contribution is -0.167. The Morgan fingerprint density at radius 2 is 0.561 bits per heavy atom. The maximum absolute atomic E-state index is 12.8. The fourth-order valence-corrected chi connectivity index (χ4v) is 7.96. The minimum atomic E-state index is -0.802. The number of unbranched alkanes of at least 4 members (excludes halogenated alkanes) is 30. The summed E-state index contributed by atoms with van der Waals surface area (Å²) in [6.45, 7) is 6.58. The van der Waals surface area contributed by atoms with Gasteiger partial charge in [0, 0.05) is 19.3 Å². The summed E-state index contributed by atoms with van der Waals surface area (Å²) in [4.78, 5) is 38.1. The standard InChI is InChI=1S/C60H106O6/c1-4-7-10-13-16-19-22-25-27-29-30-32-33-35-38-41-44-47-50-53-59(62)65-56-57(55-64-58(61)52-49-46-43-40-37-24-21-18-15-12-9-6-3)66-60(63)54-51-48-45-42-39-36-34-31-28-26-23-20-17-14-11-8-5-2/h17,20,26,28-30,34,36,42,45,57H,4-16,18-19,21-25,27,31-33,35,37-41,43-44,46-56H2,1-3H3/b20-17-,28-26-,30-29-,36-34-,45-42-/t57-/m1/s1. The van der Waals surface area contributed by atoms with E-state index < -0.39 is 6.10 Å². The molecule has 0 aliphatic carbocycles. The lowest BCUT2D eigenvalue weighted by atomic mass is 10.0. The number of rotatable bonds is 51. The van der Waals surface area contributed by atoms with E-state index in [-0.39, 0.29) is 37.5 Å². The molecule has 0 radical (unpaired) electrons. The molecule has 0 fully saturated rings. The van der Waals surface area contributed by atoms with Crippen molar-refractivity contribution in [2.24, 2.45) is 0 Å². The van der Waals surface area contributed by atoms with Gasteiger partial charge in [-0.05, 0) is 83.5 Å². The monoisotopic (exact) mass is 923 g/mol. The van der Waals surface area contributed by atoms with Crippen LogP contribution in [-0.4, -0.2) is 37.2 Å². The van der Waals surface area contributed by atoms with Crippen LogP contribution >= 0.6 is 0 Å². The minimum absolute atomic E-state index is 0.0949. The highest BCUT2D eigenvalue weighted by molar-refractivity contribution is 5.71. The molecule has 0 aromatic carbocycles. The smallest absolute Gasteiger partial charge is 0.306 e. The highest BCUT2D eigenvalue weighted by Gasteiger charge is 2.19. The summed E-state index contributed by atoms with van der Waals surface area (Å²) in [6, 6.07) is 0. The van der Waals surface area contributed by atoms with Crippen LogP contribution in [-0.2, 0) is 28.6 Å². The van der Waals surface area contributed by atoms with E-state index in [0.717, 1.165) is 64.2 Å². The highest BCUT2D eigenvalue weighted by Crippen LogP contribution is 2.15. The summed E-state index contributed by atoms with van der Waals surface area (Å²) < 4.78 is 16.8. The van der Waals surface area contributed by atoms with Gasteiger partial charge in [-0.15, -0.1) is 0 Å². The maximum atomic E-state index is 12.8. The van der Waals surface area contributed by atoms with Gasteiger partial charge in [-0.3, -0.25) is 14.4 Å².